The molecule has 0 aromatic rings. The fourth-order valence-corrected chi connectivity index (χ4v) is 1.47. The number of hydrogen-bond acceptors (Lipinski definition) is 3. The lowest BCUT2D eigenvalue weighted by atomic mass is 10.4. The molecular weight excluding hydrogens is 198 g/mol. The third-order valence-corrected chi connectivity index (χ3v) is 2.28. The maximum Gasteiger partial charge on any atom is 0.241 e. The Hall–Kier alpha value is -1.59. The molecular formula is C9H15N3O3. The van der Waals surface area contributed by atoms with E-state index < -0.39 is 0 Å². The Kier molecular flexibility index (Phi) is 3.65. The van der Waals surface area contributed by atoms with Gasteiger partial charge >= 0.3 is 0 Å². The summed E-state index contributed by atoms with van der Waals surface area (Å²) in [6.07, 6.45) is 1.17. The van der Waals surface area contributed by atoms with Gasteiger partial charge in [0, 0.05) is 26.9 Å². The largest absolute Gasteiger partial charge is 0.358 e. The number of carbonyl (C=O) groups excluding carboxylic acids is 3. The van der Waals surface area contributed by atoms with Crippen molar-refractivity contribution in [3.63, 3.8) is 0 Å². The van der Waals surface area contributed by atoms with E-state index >= 15 is 0 Å². The molecule has 1 fully saturated rings. The van der Waals surface area contributed by atoms with Gasteiger partial charge in [0.1, 0.15) is 6.54 Å². The van der Waals surface area contributed by atoms with Gasteiger partial charge in [-0.3, -0.25) is 19.4 Å². The van der Waals surface area contributed by atoms with Crippen LogP contribution in [0.5, 0.6) is 0 Å². The summed E-state index contributed by atoms with van der Waals surface area (Å²) in [5.74, 6) is -0.687. The second-order valence-corrected chi connectivity index (χ2v) is 3.37. The summed E-state index contributed by atoms with van der Waals surface area (Å²) < 4.78 is 0. The van der Waals surface area contributed by atoms with Gasteiger partial charge in [-0.2, -0.15) is 0 Å². The quantitative estimate of drug-likeness (QED) is 0.661. The Morgan fingerprint density at radius 3 is 2.60 bits per heavy atom. The van der Waals surface area contributed by atoms with Crippen LogP contribution in [-0.2, 0) is 14.4 Å². The van der Waals surface area contributed by atoms with Crippen LogP contribution in [0.1, 0.15) is 19.8 Å². The van der Waals surface area contributed by atoms with Crippen LogP contribution in [0.3, 0.4) is 0 Å². The van der Waals surface area contributed by atoms with E-state index in [1.807, 2.05) is 0 Å². The second kappa shape index (κ2) is 4.77. The summed E-state index contributed by atoms with van der Waals surface area (Å²) in [5.41, 5.74) is 0. The lowest BCUT2D eigenvalue weighted by Gasteiger charge is -2.29. The molecule has 3 amide bonds. The minimum absolute atomic E-state index is 0.0996. The number of hydrogen-bond donors (Lipinski definition) is 1. The Labute approximate surface area is 88.2 Å². The summed E-state index contributed by atoms with van der Waals surface area (Å²) in [6, 6.07) is 0. The molecule has 0 bridgehead atoms. The van der Waals surface area contributed by atoms with Gasteiger partial charge in [-0.05, 0) is 6.42 Å². The minimum atomic E-state index is -0.297. The van der Waals surface area contributed by atoms with Gasteiger partial charge < -0.3 is 5.32 Å². The predicted octanol–water partition coefficient (Wildman–Crippen LogP) is -0.882. The van der Waals surface area contributed by atoms with Crippen LogP contribution in [0.2, 0.25) is 0 Å². The number of amides is 3. The zero-order valence-corrected chi connectivity index (χ0v) is 8.95. The average Bonchev–Trinajstić information content (AvgIpc) is 2.60. The van der Waals surface area contributed by atoms with Crippen molar-refractivity contribution < 1.29 is 14.4 Å². The Morgan fingerprint density at radius 1 is 1.53 bits per heavy atom. The van der Waals surface area contributed by atoms with Crippen LogP contribution in [0.25, 0.3) is 0 Å². The summed E-state index contributed by atoms with van der Waals surface area (Å²) in [6.45, 7) is 1.75. The number of nitrogens with zero attached hydrogens (tertiary/aromatic N) is 2. The van der Waals surface area contributed by atoms with Crippen molar-refractivity contribution in [3.8, 4) is 0 Å². The van der Waals surface area contributed by atoms with Gasteiger partial charge in [-0.15, -0.1) is 0 Å². The number of nitrogens with one attached hydrogen (secondary N) is 1. The molecule has 0 radical (unpaired) electrons. The topological polar surface area (TPSA) is 69.7 Å². The fourth-order valence-electron chi connectivity index (χ4n) is 1.47. The van der Waals surface area contributed by atoms with Crippen LogP contribution in [-0.4, -0.2) is 47.9 Å². The number of rotatable bonds is 3. The smallest absolute Gasteiger partial charge is 0.241 e. The molecule has 0 atom stereocenters. The Bertz CT molecular complexity index is 290. The first-order valence-electron chi connectivity index (χ1n) is 4.85. The lowest BCUT2D eigenvalue weighted by Crippen LogP contribution is -2.50. The van der Waals surface area contributed by atoms with E-state index in [1.165, 1.54) is 24.0 Å². The number of hydrazine groups is 1. The van der Waals surface area contributed by atoms with Crippen LogP contribution in [0.15, 0.2) is 0 Å². The lowest BCUT2D eigenvalue weighted by molar-refractivity contribution is -0.160. The van der Waals surface area contributed by atoms with Crippen molar-refractivity contribution in [2.45, 2.75) is 19.8 Å². The monoisotopic (exact) mass is 213 g/mol. The van der Waals surface area contributed by atoms with Crippen molar-refractivity contribution >= 4 is 17.7 Å². The van der Waals surface area contributed by atoms with Crippen molar-refractivity contribution in [3.05, 3.63) is 0 Å². The molecule has 1 rings (SSSR count). The standard InChI is InChI=1S/C9H15N3O3/c1-7(13)12(6-8(14)10-2)11-5-3-4-9(11)15/h3-6H2,1-2H3,(H,10,14). The highest BCUT2D eigenvalue weighted by atomic mass is 16.2. The molecule has 0 spiro atoms. The summed E-state index contributed by atoms with van der Waals surface area (Å²) in [4.78, 5) is 33.8. The molecule has 1 aliphatic rings. The Morgan fingerprint density at radius 2 is 2.20 bits per heavy atom. The van der Waals surface area contributed by atoms with E-state index in [0.29, 0.717) is 13.0 Å². The normalized spacial score (nSPS) is 15.3. The summed E-state index contributed by atoms with van der Waals surface area (Å²) in [5, 5.41) is 4.95. The number of likely N-dealkylation sites (N-methyl/N-ethyl adjacent to an activating group) is 1. The molecule has 0 aromatic carbocycles. The van der Waals surface area contributed by atoms with Gasteiger partial charge in [0.2, 0.25) is 17.7 Å². The van der Waals surface area contributed by atoms with E-state index in [1.54, 1.807) is 0 Å². The zero-order valence-electron chi connectivity index (χ0n) is 8.95. The molecule has 6 heteroatoms. The molecule has 15 heavy (non-hydrogen) atoms. The first-order valence-corrected chi connectivity index (χ1v) is 4.85. The second-order valence-electron chi connectivity index (χ2n) is 3.37. The van der Waals surface area contributed by atoms with Gasteiger partial charge in [-0.1, -0.05) is 0 Å². The molecule has 6 nitrogen and oxygen atoms in total. The van der Waals surface area contributed by atoms with Crippen LogP contribution >= 0.6 is 0 Å². The molecule has 1 heterocycles. The molecule has 84 valence electrons. The zero-order chi connectivity index (χ0) is 11.4. The molecule has 0 saturated carbocycles. The van der Waals surface area contributed by atoms with E-state index in [4.69, 9.17) is 0 Å². The molecule has 1 aliphatic heterocycles. The minimum Gasteiger partial charge on any atom is -0.358 e. The average molecular weight is 213 g/mol. The van der Waals surface area contributed by atoms with Crippen LogP contribution < -0.4 is 5.32 Å². The van der Waals surface area contributed by atoms with Crippen LogP contribution in [0.4, 0.5) is 0 Å². The maximum absolute atomic E-state index is 11.4. The highest BCUT2D eigenvalue weighted by molar-refractivity contribution is 5.86. The molecule has 0 aromatic heterocycles. The predicted molar refractivity (Wildman–Crippen MR) is 52.4 cm³/mol. The van der Waals surface area contributed by atoms with Gasteiger partial charge in [0.05, 0.1) is 0 Å². The molecule has 0 unspecified atom stereocenters. The van der Waals surface area contributed by atoms with E-state index in [9.17, 15) is 14.4 Å². The fraction of sp³-hybridized carbons (Fsp3) is 0.667. The van der Waals surface area contributed by atoms with E-state index in [0.717, 1.165) is 6.42 Å². The SMILES string of the molecule is CNC(=O)CN(C(C)=O)N1CCCC1=O. The van der Waals surface area contributed by atoms with Gasteiger partial charge in [-0.25, -0.2) is 5.01 Å². The van der Waals surface area contributed by atoms with Crippen molar-refractivity contribution in [1.82, 2.24) is 15.3 Å². The Balaban J connectivity index is 2.69. The van der Waals surface area contributed by atoms with Crippen molar-refractivity contribution in [2.24, 2.45) is 0 Å². The van der Waals surface area contributed by atoms with Crippen LogP contribution in [0, 0.1) is 0 Å². The number of carbonyl (C=O) groups is 3. The van der Waals surface area contributed by atoms with Gasteiger partial charge in [0.25, 0.3) is 0 Å². The van der Waals surface area contributed by atoms with Crippen molar-refractivity contribution in [1.29, 1.82) is 0 Å². The maximum atomic E-state index is 11.4. The highest BCUT2D eigenvalue weighted by Crippen LogP contribution is 2.12. The van der Waals surface area contributed by atoms with E-state index in [2.05, 4.69) is 5.32 Å². The first-order chi connectivity index (χ1) is 7.06. The highest BCUT2D eigenvalue weighted by Gasteiger charge is 2.29. The molecule has 1 N–H and O–H groups in total. The third-order valence-electron chi connectivity index (χ3n) is 2.28. The molecule has 1 saturated heterocycles. The third kappa shape index (κ3) is 2.68. The van der Waals surface area contributed by atoms with Gasteiger partial charge in [0.15, 0.2) is 0 Å². The van der Waals surface area contributed by atoms with E-state index in [-0.39, 0.29) is 24.3 Å². The summed E-state index contributed by atoms with van der Waals surface area (Å²) >= 11 is 0. The van der Waals surface area contributed by atoms with Crippen molar-refractivity contribution in [2.75, 3.05) is 20.1 Å². The summed E-state index contributed by atoms with van der Waals surface area (Å²) in [7, 11) is 1.49. The molecule has 0 aliphatic carbocycles. The first kappa shape index (κ1) is 11.5.